The maximum absolute atomic E-state index is 13.9. The van der Waals surface area contributed by atoms with Crippen molar-refractivity contribution in [3.05, 3.63) is 92.9 Å². The highest BCUT2D eigenvalue weighted by atomic mass is 79.9. The molecule has 0 aliphatic rings. The fourth-order valence-electron chi connectivity index (χ4n) is 3.96. The van der Waals surface area contributed by atoms with Crippen molar-refractivity contribution in [1.29, 1.82) is 0 Å². The third kappa shape index (κ3) is 7.84. The van der Waals surface area contributed by atoms with E-state index in [1.54, 1.807) is 19.1 Å². The van der Waals surface area contributed by atoms with E-state index in [1.807, 2.05) is 58.0 Å². The van der Waals surface area contributed by atoms with Gasteiger partial charge in [-0.05, 0) is 99.8 Å². The predicted molar refractivity (Wildman–Crippen MR) is 159 cm³/mol. The summed E-state index contributed by atoms with van der Waals surface area (Å²) in [5.41, 5.74) is 3.01. The molecule has 0 heterocycles. The molecule has 1 atom stereocenters. The maximum atomic E-state index is 13.9. The molecule has 3 rings (SSSR count). The zero-order valence-electron chi connectivity index (χ0n) is 22.6. The lowest BCUT2D eigenvalue weighted by atomic mass is 10.1. The number of amides is 2. The standard InChI is InChI=1S/C29H33BrClN3O4S/c1-19(2)32-29(36)22(5)33(17-23-7-6-8-24(30)16-23)28(35)18-34(26-12-9-20(3)21(4)15-26)39(37,38)27-13-10-25(31)11-14-27/h6-16,19,22H,17-18H2,1-5H3,(H,32,36)/t22-/m0/s1. The third-order valence-electron chi connectivity index (χ3n) is 6.30. The minimum absolute atomic E-state index is 0.00191. The van der Waals surface area contributed by atoms with Crippen LogP contribution in [-0.4, -0.2) is 43.8 Å². The molecule has 0 radical (unpaired) electrons. The first-order valence-corrected chi connectivity index (χ1v) is 15.1. The van der Waals surface area contributed by atoms with Crippen molar-refractivity contribution in [1.82, 2.24) is 10.2 Å². The molecule has 0 bridgehead atoms. The van der Waals surface area contributed by atoms with Gasteiger partial charge >= 0.3 is 0 Å². The second kappa shape index (κ2) is 13.0. The van der Waals surface area contributed by atoms with Crippen molar-refractivity contribution in [3.63, 3.8) is 0 Å². The van der Waals surface area contributed by atoms with E-state index in [2.05, 4.69) is 21.2 Å². The molecule has 0 fully saturated rings. The van der Waals surface area contributed by atoms with Gasteiger partial charge in [-0.25, -0.2) is 8.42 Å². The summed E-state index contributed by atoms with van der Waals surface area (Å²) in [6, 6.07) is 17.5. The number of aryl methyl sites for hydroxylation is 2. The van der Waals surface area contributed by atoms with Crippen LogP contribution in [0.5, 0.6) is 0 Å². The topological polar surface area (TPSA) is 86.8 Å². The molecule has 2 amide bonds. The Hall–Kier alpha value is -2.88. The Morgan fingerprint density at radius 3 is 2.21 bits per heavy atom. The van der Waals surface area contributed by atoms with Crippen LogP contribution in [-0.2, 0) is 26.2 Å². The van der Waals surface area contributed by atoms with E-state index in [0.29, 0.717) is 10.7 Å². The van der Waals surface area contributed by atoms with Crippen LogP contribution >= 0.6 is 27.5 Å². The summed E-state index contributed by atoms with van der Waals surface area (Å²) in [5, 5.41) is 3.24. The number of hydrogen-bond acceptors (Lipinski definition) is 4. The number of hydrogen-bond donors (Lipinski definition) is 1. The SMILES string of the molecule is Cc1ccc(N(CC(=O)N(Cc2cccc(Br)c2)[C@@H](C)C(=O)NC(C)C)S(=O)(=O)c2ccc(Cl)cc2)cc1C. The fourth-order valence-corrected chi connectivity index (χ4v) is 5.94. The Morgan fingerprint density at radius 1 is 0.949 bits per heavy atom. The molecule has 0 aliphatic carbocycles. The van der Waals surface area contributed by atoms with Gasteiger partial charge in [0.2, 0.25) is 11.8 Å². The largest absolute Gasteiger partial charge is 0.352 e. The zero-order valence-corrected chi connectivity index (χ0v) is 25.8. The van der Waals surface area contributed by atoms with Gasteiger partial charge in [0.15, 0.2) is 0 Å². The lowest BCUT2D eigenvalue weighted by molar-refractivity contribution is -0.139. The highest BCUT2D eigenvalue weighted by Crippen LogP contribution is 2.27. The molecule has 208 valence electrons. The summed E-state index contributed by atoms with van der Waals surface area (Å²) in [7, 11) is -4.15. The Bertz CT molecular complexity index is 1450. The lowest BCUT2D eigenvalue weighted by Gasteiger charge is -2.32. The van der Waals surface area contributed by atoms with Crippen molar-refractivity contribution < 1.29 is 18.0 Å². The number of sulfonamides is 1. The molecule has 0 spiro atoms. The Kier molecular flexibility index (Phi) is 10.2. The first-order chi connectivity index (χ1) is 18.3. The summed E-state index contributed by atoms with van der Waals surface area (Å²) in [6.45, 7) is 8.74. The number of halogens is 2. The van der Waals surface area contributed by atoms with Gasteiger partial charge < -0.3 is 10.2 Å². The molecule has 10 heteroatoms. The predicted octanol–water partition coefficient (Wildman–Crippen LogP) is 5.86. The van der Waals surface area contributed by atoms with Crippen LogP contribution in [0.2, 0.25) is 5.02 Å². The van der Waals surface area contributed by atoms with Gasteiger partial charge in [-0.3, -0.25) is 13.9 Å². The van der Waals surface area contributed by atoms with Gasteiger partial charge in [0.25, 0.3) is 10.0 Å². The van der Waals surface area contributed by atoms with Crippen molar-refractivity contribution in [2.45, 2.75) is 58.1 Å². The third-order valence-corrected chi connectivity index (χ3v) is 8.83. The highest BCUT2D eigenvalue weighted by Gasteiger charge is 2.32. The van der Waals surface area contributed by atoms with Crippen LogP contribution in [0.3, 0.4) is 0 Å². The zero-order chi connectivity index (χ0) is 28.9. The van der Waals surface area contributed by atoms with Crippen molar-refractivity contribution >= 4 is 55.1 Å². The van der Waals surface area contributed by atoms with Gasteiger partial charge in [-0.15, -0.1) is 0 Å². The number of rotatable bonds is 10. The van der Waals surface area contributed by atoms with E-state index in [0.717, 1.165) is 25.5 Å². The number of carbonyl (C=O) groups excluding carboxylic acids is 2. The van der Waals surface area contributed by atoms with Gasteiger partial charge in [0.05, 0.1) is 10.6 Å². The van der Waals surface area contributed by atoms with Crippen LogP contribution in [0.15, 0.2) is 76.1 Å². The molecule has 3 aromatic rings. The van der Waals surface area contributed by atoms with E-state index >= 15 is 0 Å². The minimum atomic E-state index is -4.15. The Morgan fingerprint density at radius 2 is 1.62 bits per heavy atom. The monoisotopic (exact) mass is 633 g/mol. The first-order valence-electron chi connectivity index (χ1n) is 12.5. The summed E-state index contributed by atoms with van der Waals surface area (Å²) >= 11 is 9.45. The maximum Gasteiger partial charge on any atom is 0.264 e. The van der Waals surface area contributed by atoms with Gasteiger partial charge in [-0.2, -0.15) is 0 Å². The van der Waals surface area contributed by atoms with Crippen molar-refractivity contribution in [3.8, 4) is 0 Å². The quantitative estimate of drug-likeness (QED) is 0.303. The van der Waals surface area contributed by atoms with Gasteiger partial charge in [0.1, 0.15) is 12.6 Å². The summed E-state index contributed by atoms with van der Waals surface area (Å²) in [6.07, 6.45) is 0. The van der Waals surface area contributed by atoms with E-state index in [9.17, 15) is 18.0 Å². The second-order valence-corrected chi connectivity index (χ2v) is 12.9. The van der Waals surface area contributed by atoms with E-state index in [1.165, 1.54) is 29.2 Å². The first kappa shape index (κ1) is 30.7. The van der Waals surface area contributed by atoms with Gasteiger partial charge in [-0.1, -0.05) is 45.7 Å². The average molecular weight is 635 g/mol. The molecule has 3 aromatic carbocycles. The number of nitrogens with one attached hydrogen (secondary N) is 1. The van der Waals surface area contributed by atoms with Crippen LogP contribution in [0.4, 0.5) is 5.69 Å². The van der Waals surface area contributed by atoms with Crippen molar-refractivity contribution in [2.24, 2.45) is 0 Å². The Balaban J connectivity index is 2.06. The van der Waals surface area contributed by atoms with Gasteiger partial charge in [0, 0.05) is 22.1 Å². The van der Waals surface area contributed by atoms with E-state index in [4.69, 9.17) is 11.6 Å². The van der Waals surface area contributed by atoms with Crippen LogP contribution < -0.4 is 9.62 Å². The number of benzene rings is 3. The molecular weight excluding hydrogens is 602 g/mol. The molecule has 0 saturated heterocycles. The summed E-state index contributed by atoms with van der Waals surface area (Å²) in [4.78, 5) is 28.3. The number of carbonyl (C=O) groups is 2. The smallest absolute Gasteiger partial charge is 0.264 e. The number of anilines is 1. The molecule has 39 heavy (non-hydrogen) atoms. The highest BCUT2D eigenvalue weighted by molar-refractivity contribution is 9.10. The fraction of sp³-hybridized carbons (Fsp3) is 0.310. The minimum Gasteiger partial charge on any atom is -0.352 e. The lowest BCUT2D eigenvalue weighted by Crippen LogP contribution is -2.52. The van der Waals surface area contributed by atoms with E-state index < -0.39 is 28.5 Å². The molecule has 0 aliphatic heterocycles. The molecule has 1 N–H and O–H groups in total. The average Bonchev–Trinajstić information content (AvgIpc) is 2.87. The Labute approximate surface area is 244 Å². The van der Waals surface area contributed by atoms with E-state index in [-0.39, 0.29) is 23.4 Å². The number of nitrogens with zero attached hydrogens (tertiary/aromatic N) is 2. The molecule has 0 aromatic heterocycles. The molecule has 7 nitrogen and oxygen atoms in total. The van der Waals surface area contributed by atoms with Crippen molar-refractivity contribution in [2.75, 3.05) is 10.8 Å². The van der Waals surface area contributed by atoms with Crippen LogP contribution in [0.1, 0.15) is 37.5 Å². The van der Waals surface area contributed by atoms with Crippen LogP contribution in [0.25, 0.3) is 0 Å². The van der Waals surface area contributed by atoms with Crippen LogP contribution in [0, 0.1) is 13.8 Å². The summed E-state index contributed by atoms with van der Waals surface area (Å²) < 4.78 is 29.7. The molecular formula is C29H33BrClN3O4S. The second-order valence-electron chi connectivity index (χ2n) is 9.72. The molecule has 0 saturated carbocycles. The molecule has 0 unspecified atom stereocenters. The summed E-state index contributed by atoms with van der Waals surface area (Å²) in [5.74, 6) is -0.844. The normalized spacial score (nSPS) is 12.2.